The molecule has 0 atom stereocenters. The highest BCUT2D eigenvalue weighted by Gasteiger charge is 2.19. The smallest absolute Gasteiger partial charge is 0.346 e. The number of rotatable bonds is 5. The van der Waals surface area contributed by atoms with Gasteiger partial charge in [0.15, 0.2) is 0 Å². The molecule has 112 valence electrons. The Morgan fingerprint density at radius 2 is 2.14 bits per heavy atom. The van der Waals surface area contributed by atoms with Gasteiger partial charge in [-0.2, -0.15) is 0 Å². The predicted octanol–water partition coefficient (Wildman–Crippen LogP) is 2.31. The van der Waals surface area contributed by atoms with Gasteiger partial charge in [-0.25, -0.2) is 14.8 Å². The molecule has 0 spiro atoms. The zero-order valence-corrected chi connectivity index (χ0v) is 13.5. The Labute approximate surface area is 130 Å². The SMILES string of the molecule is Cc1c(C(=O)O)sc2ncnc(SCC(=O)NC(C)C)c12. The largest absolute Gasteiger partial charge is 0.477 e. The molecule has 21 heavy (non-hydrogen) atoms. The van der Waals surface area contributed by atoms with Crippen molar-refractivity contribution in [2.24, 2.45) is 0 Å². The van der Waals surface area contributed by atoms with Gasteiger partial charge in [0.05, 0.1) is 5.75 Å². The van der Waals surface area contributed by atoms with Crippen LogP contribution < -0.4 is 5.32 Å². The fourth-order valence-electron chi connectivity index (χ4n) is 1.85. The van der Waals surface area contributed by atoms with E-state index in [0.29, 0.717) is 15.4 Å². The molecule has 0 radical (unpaired) electrons. The van der Waals surface area contributed by atoms with Crippen molar-refractivity contribution in [2.75, 3.05) is 5.75 Å². The lowest BCUT2D eigenvalue weighted by Gasteiger charge is -2.08. The van der Waals surface area contributed by atoms with Gasteiger partial charge in [-0.1, -0.05) is 11.8 Å². The number of thiophene rings is 1. The Bertz CT molecular complexity index is 697. The number of carboxylic acids is 1. The molecule has 8 heteroatoms. The second-order valence-electron chi connectivity index (χ2n) is 4.73. The number of hydrogen-bond acceptors (Lipinski definition) is 6. The van der Waals surface area contributed by atoms with E-state index in [1.165, 1.54) is 18.1 Å². The fraction of sp³-hybridized carbons (Fsp3) is 0.385. The maximum absolute atomic E-state index is 11.7. The van der Waals surface area contributed by atoms with Gasteiger partial charge in [-0.3, -0.25) is 4.79 Å². The molecule has 0 aromatic carbocycles. The average Bonchev–Trinajstić information content (AvgIpc) is 2.74. The minimum absolute atomic E-state index is 0.0758. The second-order valence-corrected chi connectivity index (χ2v) is 6.69. The van der Waals surface area contributed by atoms with E-state index < -0.39 is 5.97 Å². The van der Waals surface area contributed by atoms with Crippen molar-refractivity contribution in [2.45, 2.75) is 31.8 Å². The number of aromatic nitrogens is 2. The van der Waals surface area contributed by atoms with Gasteiger partial charge in [0.2, 0.25) is 5.91 Å². The predicted molar refractivity (Wildman–Crippen MR) is 83.1 cm³/mol. The Balaban J connectivity index is 2.28. The molecule has 1 amide bonds. The lowest BCUT2D eigenvalue weighted by atomic mass is 10.2. The summed E-state index contributed by atoms with van der Waals surface area (Å²) in [4.78, 5) is 32.1. The van der Waals surface area contributed by atoms with E-state index in [1.807, 2.05) is 13.8 Å². The standard InChI is InChI=1S/C13H15N3O3S2/c1-6(2)16-8(17)4-20-11-9-7(3)10(13(18)19)21-12(9)15-5-14-11/h5-6H,4H2,1-3H3,(H,16,17)(H,18,19). The van der Waals surface area contributed by atoms with Crippen molar-refractivity contribution in [3.63, 3.8) is 0 Å². The van der Waals surface area contributed by atoms with Crippen LogP contribution >= 0.6 is 23.1 Å². The van der Waals surface area contributed by atoms with E-state index in [-0.39, 0.29) is 22.6 Å². The number of aromatic carboxylic acids is 1. The van der Waals surface area contributed by atoms with Crippen LogP contribution in [0.2, 0.25) is 0 Å². The van der Waals surface area contributed by atoms with Crippen LogP contribution in [0.3, 0.4) is 0 Å². The molecule has 2 aromatic rings. The van der Waals surface area contributed by atoms with Gasteiger partial charge in [0.25, 0.3) is 0 Å². The van der Waals surface area contributed by atoms with Crippen LogP contribution in [-0.4, -0.2) is 38.7 Å². The molecular formula is C13H15N3O3S2. The molecule has 0 aliphatic carbocycles. The number of aryl methyl sites for hydroxylation is 1. The first-order valence-corrected chi connectivity index (χ1v) is 8.10. The van der Waals surface area contributed by atoms with Crippen LogP contribution in [0.1, 0.15) is 29.1 Å². The van der Waals surface area contributed by atoms with Crippen molar-refractivity contribution in [3.8, 4) is 0 Å². The third kappa shape index (κ3) is 3.51. The highest BCUT2D eigenvalue weighted by molar-refractivity contribution is 8.00. The van der Waals surface area contributed by atoms with Gasteiger partial charge >= 0.3 is 5.97 Å². The number of thioether (sulfide) groups is 1. The number of carbonyl (C=O) groups is 2. The number of nitrogens with zero attached hydrogens (tertiary/aromatic N) is 2. The highest BCUT2D eigenvalue weighted by atomic mass is 32.2. The van der Waals surface area contributed by atoms with Gasteiger partial charge < -0.3 is 10.4 Å². The first-order valence-electron chi connectivity index (χ1n) is 6.29. The number of fused-ring (bicyclic) bond motifs is 1. The van der Waals surface area contributed by atoms with E-state index in [0.717, 1.165) is 16.7 Å². The van der Waals surface area contributed by atoms with Gasteiger partial charge in [-0.15, -0.1) is 11.3 Å². The summed E-state index contributed by atoms with van der Waals surface area (Å²) in [7, 11) is 0. The molecule has 0 saturated carbocycles. The van der Waals surface area contributed by atoms with Crippen molar-refractivity contribution in [1.82, 2.24) is 15.3 Å². The van der Waals surface area contributed by atoms with Gasteiger partial charge in [0.1, 0.15) is 21.1 Å². The third-order valence-corrected chi connectivity index (χ3v) is 4.85. The van der Waals surface area contributed by atoms with Crippen molar-refractivity contribution >= 4 is 45.2 Å². The normalized spacial score (nSPS) is 11.0. The molecule has 0 aliphatic heterocycles. The Hall–Kier alpha value is -1.67. The zero-order valence-electron chi connectivity index (χ0n) is 11.8. The van der Waals surface area contributed by atoms with E-state index >= 15 is 0 Å². The molecule has 0 fully saturated rings. The summed E-state index contributed by atoms with van der Waals surface area (Å²) >= 11 is 2.42. The Kier molecular flexibility index (Phi) is 4.79. The molecule has 2 aromatic heterocycles. The van der Waals surface area contributed by atoms with Crippen LogP contribution in [-0.2, 0) is 4.79 Å². The van der Waals surface area contributed by atoms with Gasteiger partial charge in [0, 0.05) is 11.4 Å². The number of carbonyl (C=O) groups excluding carboxylic acids is 1. The van der Waals surface area contributed by atoms with E-state index in [2.05, 4.69) is 15.3 Å². The van der Waals surface area contributed by atoms with Gasteiger partial charge in [-0.05, 0) is 26.3 Å². The maximum Gasteiger partial charge on any atom is 0.346 e. The van der Waals surface area contributed by atoms with Crippen LogP contribution in [0.25, 0.3) is 10.2 Å². The number of carboxylic acid groups (broad SMARTS) is 1. The fourth-order valence-corrected chi connectivity index (χ4v) is 3.77. The summed E-state index contributed by atoms with van der Waals surface area (Å²) in [5.74, 6) is -0.806. The third-order valence-electron chi connectivity index (χ3n) is 2.68. The van der Waals surface area contributed by atoms with Crippen LogP contribution in [0.15, 0.2) is 11.4 Å². The summed E-state index contributed by atoms with van der Waals surface area (Å²) in [6, 6.07) is 0.0880. The van der Waals surface area contributed by atoms with E-state index in [9.17, 15) is 9.59 Å². The molecule has 6 nitrogen and oxygen atoms in total. The molecule has 0 saturated heterocycles. The Morgan fingerprint density at radius 3 is 2.76 bits per heavy atom. The summed E-state index contributed by atoms with van der Waals surface area (Å²) in [6.45, 7) is 5.53. The maximum atomic E-state index is 11.7. The number of hydrogen-bond donors (Lipinski definition) is 2. The quantitative estimate of drug-likeness (QED) is 0.647. The van der Waals surface area contributed by atoms with E-state index in [1.54, 1.807) is 6.92 Å². The molecule has 2 N–H and O–H groups in total. The van der Waals surface area contributed by atoms with Crippen molar-refractivity contribution in [1.29, 1.82) is 0 Å². The lowest BCUT2D eigenvalue weighted by molar-refractivity contribution is -0.119. The monoisotopic (exact) mass is 325 g/mol. The molecule has 2 heterocycles. The summed E-state index contributed by atoms with van der Waals surface area (Å²) in [6.07, 6.45) is 1.40. The minimum Gasteiger partial charge on any atom is -0.477 e. The average molecular weight is 325 g/mol. The van der Waals surface area contributed by atoms with Crippen LogP contribution in [0.4, 0.5) is 0 Å². The zero-order chi connectivity index (χ0) is 15.6. The van der Waals surface area contributed by atoms with Crippen LogP contribution in [0.5, 0.6) is 0 Å². The first kappa shape index (κ1) is 15.7. The number of amides is 1. The molecule has 0 bridgehead atoms. The minimum atomic E-state index is -0.969. The molecular weight excluding hydrogens is 310 g/mol. The molecule has 2 rings (SSSR count). The first-order chi connectivity index (χ1) is 9.90. The second kappa shape index (κ2) is 6.40. The lowest BCUT2D eigenvalue weighted by Crippen LogP contribution is -2.31. The van der Waals surface area contributed by atoms with Crippen molar-refractivity contribution in [3.05, 3.63) is 16.8 Å². The van der Waals surface area contributed by atoms with E-state index in [4.69, 9.17) is 5.11 Å². The highest BCUT2D eigenvalue weighted by Crippen LogP contribution is 2.34. The number of nitrogens with one attached hydrogen (secondary N) is 1. The topological polar surface area (TPSA) is 92.2 Å². The summed E-state index contributed by atoms with van der Waals surface area (Å²) in [5, 5.41) is 13.3. The Morgan fingerprint density at radius 1 is 1.43 bits per heavy atom. The van der Waals surface area contributed by atoms with Crippen LogP contribution in [0, 0.1) is 6.92 Å². The summed E-state index contributed by atoms with van der Waals surface area (Å²) in [5.41, 5.74) is 0.648. The van der Waals surface area contributed by atoms with Crippen molar-refractivity contribution < 1.29 is 14.7 Å². The molecule has 0 aliphatic rings. The summed E-state index contributed by atoms with van der Waals surface area (Å²) < 4.78 is 0. The molecule has 0 unspecified atom stereocenters.